The van der Waals surface area contributed by atoms with Crippen LogP contribution in [0.2, 0.25) is 0 Å². The van der Waals surface area contributed by atoms with E-state index in [1.807, 2.05) is 12.1 Å². The highest BCUT2D eigenvalue weighted by Gasteiger charge is 2.29. The Bertz CT molecular complexity index is 280. The predicted molar refractivity (Wildman–Crippen MR) is 60.4 cm³/mol. The smallest absolute Gasteiger partial charge is 0.117 e. The van der Waals surface area contributed by atoms with Gasteiger partial charge in [0.15, 0.2) is 0 Å². The second-order valence-corrected chi connectivity index (χ2v) is 4.58. The van der Waals surface area contributed by atoms with Gasteiger partial charge in [-0.1, -0.05) is 6.92 Å². The number of rotatable bonds is 6. The van der Waals surface area contributed by atoms with E-state index in [2.05, 4.69) is 11.8 Å². The Labute approximate surface area is 91.2 Å². The lowest BCUT2D eigenvalue weighted by molar-refractivity contribution is 0.205. The van der Waals surface area contributed by atoms with Gasteiger partial charge in [-0.2, -0.15) is 0 Å². The van der Waals surface area contributed by atoms with Crippen LogP contribution >= 0.6 is 0 Å². The topological polar surface area (TPSA) is 42.4 Å². The van der Waals surface area contributed by atoms with Crippen molar-refractivity contribution >= 4 is 0 Å². The summed E-state index contributed by atoms with van der Waals surface area (Å²) in [5.41, 5.74) is 5.66. The molecule has 3 heteroatoms. The van der Waals surface area contributed by atoms with Crippen LogP contribution in [0.3, 0.4) is 0 Å². The van der Waals surface area contributed by atoms with E-state index < -0.39 is 0 Å². The fourth-order valence-corrected chi connectivity index (χ4v) is 1.86. The highest BCUT2D eigenvalue weighted by atomic mass is 16.3. The molecule has 1 saturated carbocycles. The first-order valence-corrected chi connectivity index (χ1v) is 5.76. The molecule has 1 aromatic rings. The molecule has 0 amide bonds. The van der Waals surface area contributed by atoms with Crippen molar-refractivity contribution in [1.29, 1.82) is 0 Å². The Morgan fingerprint density at radius 3 is 2.93 bits per heavy atom. The van der Waals surface area contributed by atoms with Gasteiger partial charge in [0.05, 0.1) is 12.8 Å². The number of furan rings is 1. The molecule has 2 N–H and O–H groups in total. The van der Waals surface area contributed by atoms with Crippen LogP contribution < -0.4 is 5.73 Å². The summed E-state index contributed by atoms with van der Waals surface area (Å²) in [5.74, 6) is 1.63. The molecule has 84 valence electrons. The summed E-state index contributed by atoms with van der Waals surface area (Å²) in [6.07, 6.45) is 4.41. The summed E-state index contributed by atoms with van der Waals surface area (Å²) >= 11 is 0. The van der Waals surface area contributed by atoms with E-state index in [9.17, 15) is 0 Å². The molecule has 0 bridgehead atoms. The van der Waals surface area contributed by atoms with Gasteiger partial charge in [-0.25, -0.2) is 0 Å². The fourth-order valence-electron chi connectivity index (χ4n) is 1.86. The lowest BCUT2D eigenvalue weighted by Crippen LogP contribution is -2.32. The Balaban J connectivity index is 1.88. The molecule has 3 nitrogen and oxygen atoms in total. The molecule has 1 aliphatic rings. The monoisotopic (exact) mass is 208 g/mol. The molecule has 0 aromatic carbocycles. The van der Waals surface area contributed by atoms with Crippen LogP contribution in [-0.2, 0) is 6.54 Å². The average Bonchev–Trinajstić information content (AvgIpc) is 2.97. The van der Waals surface area contributed by atoms with Gasteiger partial charge in [0, 0.05) is 12.6 Å². The van der Waals surface area contributed by atoms with E-state index in [0.29, 0.717) is 5.92 Å². The highest BCUT2D eigenvalue weighted by molar-refractivity contribution is 4.99. The standard InChI is InChI=1S/C12H20N2O/c1-10(7-13)8-14(11-4-5-11)9-12-3-2-6-15-12/h2-3,6,10-11H,4-5,7-9,13H2,1H3. The van der Waals surface area contributed by atoms with E-state index in [4.69, 9.17) is 10.2 Å². The largest absolute Gasteiger partial charge is 0.468 e. The maximum absolute atomic E-state index is 5.66. The SMILES string of the molecule is CC(CN)CN(Cc1ccco1)C1CC1. The van der Waals surface area contributed by atoms with Crippen molar-refractivity contribution in [3.8, 4) is 0 Å². The first-order chi connectivity index (χ1) is 7.29. The highest BCUT2D eigenvalue weighted by Crippen LogP contribution is 2.28. The molecule has 2 rings (SSSR count). The summed E-state index contributed by atoms with van der Waals surface area (Å²) in [4.78, 5) is 2.50. The number of hydrogen-bond donors (Lipinski definition) is 1. The van der Waals surface area contributed by atoms with Crippen LogP contribution in [0, 0.1) is 5.92 Å². The van der Waals surface area contributed by atoms with Crippen molar-refractivity contribution in [3.05, 3.63) is 24.2 Å². The number of hydrogen-bond acceptors (Lipinski definition) is 3. The van der Waals surface area contributed by atoms with Gasteiger partial charge in [0.1, 0.15) is 5.76 Å². The molecule has 0 aliphatic heterocycles. The molecule has 1 unspecified atom stereocenters. The molecule has 1 aromatic heterocycles. The average molecular weight is 208 g/mol. The van der Waals surface area contributed by atoms with Gasteiger partial charge >= 0.3 is 0 Å². The van der Waals surface area contributed by atoms with Crippen molar-refractivity contribution < 1.29 is 4.42 Å². The lowest BCUT2D eigenvalue weighted by Gasteiger charge is -2.23. The van der Waals surface area contributed by atoms with Crippen molar-refractivity contribution in [2.24, 2.45) is 11.7 Å². The van der Waals surface area contributed by atoms with E-state index in [1.54, 1.807) is 6.26 Å². The molecular weight excluding hydrogens is 188 g/mol. The minimum atomic E-state index is 0.570. The van der Waals surface area contributed by atoms with Gasteiger partial charge in [0.2, 0.25) is 0 Å². The molecule has 0 radical (unpaired) electrons. The van der Waals surface area contributed by atoms with Crippen LogP contribution in [0.5, 0.6) is 0 Å². The Kier molecular flexibility index (Phi) is 3.44. The van der Waals surface area contributed by atoms with Crippen molar-refractivity contribution in [3.63, 3.8) is 0 Å². The molecule has 15 heavy (non-hydrogen) atoms. The Morgan fingerprint density at radius 2 is 2.40 bits per heavy atom. The van der Waals surface area contributed by atoms with Crippen molar-refractivity contribution in [2.75, 3.05) is 13.1 Å². The third kappa shape index (κ3) is 3.08. The molecule has 0 spiro atoms. The molecule has 1 atom stereocenters. The molecule has 1 heterocycles. The van der Waals surface area contributed by atoms with Crippen LogP contribution in [-0.4, -0.2) is 24.0 Å². The van der Waals surface area contributed by atoms with E-state index in [-0.39, 0.29) is 0 Å². The Morgan fingerprint density at radius 1 is 1.60 bits per heavy atom. The minimum Gasteiger partial charge on any atom is -0.468 e. The van der Waals surface area contributed by atoms with Gasteiger partial charge in [-0.05, 0) is 37.4 Å². The first-order valence-electron chi connectivity index (χ1n) is 5.76. The molecule has 0 saturated heterocycles. The lowest BCUT2D eigenvalue weighted by atomic mass is 10.1. The third-order valence-corrected chi connectivity index (χ3v) is 2.95. The van der Waals surface area contributed by atoms with Crippen LogP contribution in [0.4, 0.5) is 0 Å². The first kappa shape index (κ1) is 10.7. The minimum absolute atomic E-state index is 0.570. The van der Waals surface area contributed by atoms with Crippen molar-refractivity contribution in [1.82, 2.24) is 4.90 Å². The maximum Gasteiger partial charge on any atom is 0.117 e. The summed E-state index contributed by atoms with van der Waals surface area (Å²) < 4.78 is 5.38. The molecular formula is C12H20N2O. The molecule has 1 aliphatic carbocycles. The van der Waals surface area contributed by atoms with Gasteiger partial charge in [-0.15, -0.1) is 0 Å². The summed E-state index contributed by atoms with van der Waals surface area (Å²) in [7, 11) is 0. The summed E-state index contributed by atoms with van der Waals surface area (Å²) in [6, 6.07) is 4.76. The summed E-state index contributed by atoms with van der Waals surface area (Å²) in [5, 5.41) is 0. The number of nitrogens with two attached hydrogens (primary N) is 1. The quantitative estimate of drug-likeness (QED) is 0.775. The third-order valence-electron chi connectivity index (χ3n) is 2.95. The number of nitrogens with zero attached hydrogens (tertiary/aromatic N) is 1. The van der Waals surface area contributed by atoms with E-state index in [0.717, 1.165) is 31.4 Å². The van der Waals surface area contributed by atoms with Gasteiger partial charge in [0.25, 0.3) is 0 Å². The van der Waals surface area contributed by atoms with E-state index in [1.165, 1.54) is 12.8 Å². The summed E-state index contributed by atoms with van der Waals surface area (Å²) in [6.45, 7) is 4.99. The Hall–Kier alpha value is -0.800. The van der Waals surface area contributed by atoms with Crippen LogP contribution in [0.25, 0.3) is 0 Å². The second-order valence-electron chi connectivity index (χ2n) is 4.58. The zero-order chi connectivity index (χ0) is 10.7. The van der Waals surface area contributed by atoms with Crippen LogP contribution in [0.1, 0.15) is 25.5 Å². The second kappa shape index (κ2) is 4.81. The zero-order valence-electron chi connectivity index (χ0n) is 9.36. The van der Waals surface area contributed by atoms with E-state index >= 15 is 0 Å². The normalized spacial score (nSPS) is 18.3. The van der Waals surface area contributed by atoms with Crippen LogP contribution in [0.15, 0.2) is 22.8 Å². The molecule has 1 fully saturated rings. The fraction of sp³-hybridized carbons (Fsp3) is 0.667. The van der Waals surface area contributed by atoms with Gasteiger partial charge in [-0.3, -0.25) is 4.90 Å². The zero-order valence-corrected chi connectivity index (χ0v) is 9.36. The van der Waals surface area contributed by atoms with Crippen molar-refractivity contribution in [2.45, 2.75) is 32.4 Å². The van der Waals surface area contributed by atoms with Gasteiger partial charge < -0.3 is 10.2 Å². The predicted octanol–water partition coefficient (Wildman–Crippen LogP) is 1.84. The maximum atomic E-state index is 5.66.